The Kier molecular flexibility index (Phi) is 4.52. The summed E-state index contributed by atoms with van der Waals surface area (Å²) in [6.07, 6.45) is 1.48. The number of ether oxygens (including phenoxy) is 2. The second kappa shape index (κ2) is 6.75. The number of amides is 1. The molecule has 1 aliphatic rings. The number of halogens is 1. The van der Waals surface area contributed by atoms with E-state index in [2.05, 4.69) is 15.6 Å². The molecule has 0 bridgehead atoms. The average molecular weight is 334 g/mol. The van der Waals surface area contributed by atoms with Crippen molar-refractivity contribution in [2.24, 2.45) is 0 Å². The minimum Gasteiger partial charge on any atom is -0.486 e. The molecule has 0 fully saturated rings. The number of hydrogen-bond acceptors (Lipinski definition) is 5. The van der Waals surface area contributed by atoms with Crippen LogP contribution in [-0.2, 0) is 4.79 Å². The maximum atomic E-state index is 12.2. The quantitative estimate of drug-likeness (QED) is 0.900. The van der Waals surface area contributed by atoms with Crippen LogP contribution in [0.1, 0.15) is 6.92 Å². The third kappa shape index (κ3) is 3.84. The molecule has 3 rings (SSSR count). The zero-order chi connectivity index (χ0) is 16.2. The number of nitrogens with one attached hydrogen (secondary N) is 2. The van der Waals surface area contributed by atoms with Crippen LogP contribution in [0.4, 0.5) is 11.5 Å². The first kappa shape index (κ1) is 15.4. The van der Waals surface area contributed by atoms with Crippen molar-refractivity contribution in [2.75, 3.05) is 23.8 Å². The van der Waals surface area contributed by atoms with Crippen LogP contribution in [0.25, 0.3) is 0 Å². The molecular formula is C16H16ClN3O3. The van der Waals surface area contributed by atoms with Crippen molar-refractivity contribution in [3.63, 3.8) is 0 Å². The molecule has 0 spiro atoms. The minimum absolute atomic E-state index is 0.199. The van der Waals surface area contributed by atoms with E-state index in [4.69, 9.17) is 21.1 Å². The van der Waals surface area contributed by atoms with Crippen LogP contribution >= 0.6 is 11.6 Å². The number of aromatic nitrogens is 1. The Morgan fingerprint density at radius 2 is 2.00 bits per heavy atom. The molecule has 0 saturated carbocycles. The summed E-state index contributed by atoms with van der Waals surface area (Å²) in [6.45, 7) is 2.84. The van der Waals surface area contributed by atoms with Gasteiger partial charge in [-0.2, -0.15) is 0 Å². The first-order chi connectivity index (χ1) is 11.1. The summed E-state index contributed by atoms with van der Waals surface area (Å²) in [5, 5.41) is 6.37. The zero-order valence-corrected chi connectivity index (χ0v) is 13.3. The fraction of sp³-hybridized carbons (Fsp3) is 0.250. The molecule has 2 N–H and O–H groups in total. The Morgan fingerprint density at radius 1 is 1.22 bits per heavy atom. The van der Waals surface area contributed by atoms with Gasteiger partial charge in [-0.05, 0) is 31.2 Å². The van der Waals surface area contributed by atoms with Crippen LogP contribution < -0.4 is 20.1 Å². The summed E-state index contributed by atoms with van der Waals surface area (Å²) in [7, 11) is 0. The van der Waals surface area contributed by atoms with Gasteiger partial charge in [0.1, 0.15) is 25.1 Å². The summed E-state index contributed by atoms with van der Waals surface area (Å²) in [6, 6.07) is 8.36. The highest BCUT2D eigenvalue weighted by molar-refractivity contribution is 6.30. The zero-order valence-electron chi connectivity index (χ0n) is 12.5. The van der Waals surface area contributed by atoms with E-state index in [1.165, 1.54) is 6.20 Å². The van der Waals surface area contributed by atoms with Gasteiger partial charge in [0.15, 0.2) is 11.5 Å². The topological polar surface area (TPSA) is 72.5 Å². The summed E-state index contributed by atoms with van der Waals surface area (Å²) >= 11 is 5.77. The molecule has 0 saturated heterocycles. The van der Waals surface area contributed by atoms with Gasteiger partial charge < -0.3 is 20.1 Å². The third-order valence-corrected chi connectivity index (χ3v) is 3.52. The monoisotopic (exact) mass is 333 g/mol. The van der Waals surface area contributed by atoms with Gasteiger partial charge in [0.2, 0.25) is 5.91 Å². The van der Waals surface area contributed by atoms with Crippen molar-refractivity contribution in [1.82, 2.24) is 4.98 Å². The number of rotatable bonds is 4. The van der Waals surface area contributed by atoms with Crippen LogP contribution in [0, 0.1) is 0 Å². The number of benzene rings is 1. The van der Waals surface area contributed by atoms with E-state index in [0.717, 1.165) is 5.69 Å². The van der Waals surface area contributed by atoms with Gasteiger partial charge in [-0.3, -0.25) is 4.79 Å². The first-order valence-electron chi connectivity index (χ1n) is 7.20. The van der Waals surface area contributed by atoms with Crippen molar-refractivity contribution in [3.8, 4) is 11.5 Å². The van der Waals surface area contributed by atoms with Gasteiger partial charge in [-0.1, -0.05) is 11.6 Å². The molecule has 120 valence electrons. The fourth-order valence-corrected chi connectivity index (χ4v) is 2.24. The maximum absolute atomic E-state index is 12.2. The Morgan fingerprint density at radius 3 is 2.74 bits per heavy atom. The minimum atomic E-state index is -0.449. The molecule has 1 atom stereocenters. The highest BCUT2D eigenvalue weighted by Gasteiger charge is 2.16. The number of hydrogen-bond donors (Lipinski definition) is 2. The second-order valence-corrected chi connectivity index (χ2v) is 5.51. The second-order valence-electron chi connectivity index (χ2n) is 5.08. The molecule has 1 aromatic heterocycles. The van der Waals surface area contributed by atoms with Crippen molar-refractivity contribution in [3.05, 3.63) is 41.6 Å². The lowest BCUT2D eigenvalue weighted by Crippen LogP contribution is -2.32. The lowest BCUT2D eigenvalue weighted by atomic mass is 10.2. The van der Waals surface area contributed by atoms with Crippen molar-refractivity contribution in [1.29, 1.82) is 0 Å². The molecule has 2 heterocycles. The van der Waals surface area contributed by atoms with Crippen LogP contribution in [0.2, 0.25) is 5.02 Å². The lowest BCUT2D eigenvalue weighted by molar-refractivity contribution is -0.116. The number of carbonyl (C=O) groups excluding carboxylic acids is 1. The van der Waals surface area contributed by atoms with Gasteiger partial charge in [-0.25, -0.2) is 4.98 Å². The summed E-state index contributed by atoms with van der Waals surface area (Å²) < 4.78 is 11.0. The van der Waals surface area contributed by atoms with Gasteiger partial charge in [0.25, 0.3) is 0 Å². The normalized spacial score (nSPS) is 14.0. The molecular weight excluding hydrogens is 318 g/mol. The number of anilines is 2. The molecule has 6 nitrogen and oxygen atoms in total. The smallest absolute Gasteiger partial charge is 0.247 e. The predicted octanol–water partition coefficient (Wildman–Crippen LogP) is 2.95. The van der Waals surface area contributed by atoms with Crippen LogP contribution in [-0.4, -0.2) is 30.1 Å². The largest absolute Gasteiger partial charge is 0.486 e. The van der Waals surface area contributed by atoms with E-state index in [1.54, 1.807) is 19.1 Å². The number of fused-ring (bicyclic) bond motifs is 1. The van der Waals surface area contributed by atoms with E-state index in [-0.39, 0.29) is 5.91 Å². The molecule has 1 aliphatic heterocycles. The molecule has 0 radical (unpaired) electrons. The molecule has 0 aliphatic carbocycles. The maximum Gasteiger partial charge on any atom is 0.247 e. The number of carbonyl (C=O) groups is 1. The average Bonchev–Trinajstić information content (AvgIpc) is 2.56. The van der Waals surface area contributed by atoms with E-state index in [9.17, 15) is 4.79 Å². The Hall–Kier alpha value is -2.47. The van der Waals surface area contributed by atoms with Crippen molar-refractivity contribution >= 4 is 29.0 Å². The first-order valence-corrected chi connectivity index (χ1v) is 7.58. The predicted molar refractivity (Wildman–Crippen MR) is 88.4 cm³/mol. The Labute approximate surface area is 138 Å². The van der Waals surface area contributed by atoms with Crippen LogP contribution in [0.3, 0.4) is 0 Å². The van der Waals surface area contributed by atoms with Crippen LogP contribution in [0.15, 0.2) is 36.5 Å². The fourth-order valence-electron chi connectivity index (χ4n) is 2.13. The van der Waals surface area contributed by atoms with Crippen molar-refractivity contribution in [2.45, 2.75) is 13.0 Å². The SMILES string of the molecule is C[C@H](Nc1ccc2c(c1)OCCO2)C(=O)Nc1ccc(Cl)cn1. The van der Waals surface area contributed by atoms with Gasteiger partial charge >= 0.3 is 0 Å². The van der Waals surface area contributed by atoms with Crippen molar-refractivity contribution < 1.29 is 14.3 Å². The van der Waals surface area contributed by atoms with Gasteiger partial charge in [0.05, 0.1) is 5.02 Å². The summed E-state index contributed by atoms with van der Waals surface area (Å²) in [4.78, 5) is 16.2. The molecule has 2 aromatic rings. The van der Waals surface area contributed by atoms with E-state index in [1.807, 2.05) is 18.2 Å². The lowest BCUT2D eigenvalue weighted by Gasteiger charge is -2.20. The van der Waals surface area contributed by atoms with E-state index >= 15 is 0 Å². The highest BCUT2D eigenvalue weighted by Crippen LogP contribution is 2.32. The van der Waals surface area contributed by atoms with E-state index < -0.39 is 6.04 Å². The third-order valence-electron chi connectivity index (χ3n) is 3.30. The van der Waals surface area contributed by atoms with Gasteiger partial charge in [0, 0.05) is 18.0 Å². The molecule has 0 unspecified atom stereocenters. The summed E-state index contributed by atoms with van der Waals surface area (Å²) in [5.74, 6) is 1.64. The van der Waals surface area contributed by atoms with Gasteiger partial charge in [-0.15, -0.1) is 0 Å². The molecule has 1 aromatic carbocycles. The summed E-state index contributed by atoms with van der Waals surface area (Å²) in [5.41, 5.74) is 0.779. The molecule has 1 amide bonds. The Balaban J connectivity index is 1.62. The number of nitrogens with zero attached hydrogens (tertiary/aromatic N) is 1. The van der Waals surface area contributed by atoms with Crippen LogP contribution in [0.5, 0.6) is 11.5 Å². The molecule has 23 heavy (non-hydrogen) atoms. The number of pyridine rings is 1. The van der Waals surface area contributed by atoms with E-state index in [0.29, 0.717) is 35.6 Å². The molecule has 7 heteroatoms. The highest BCUT2D eigenvalue weighted by atomic mass is 35.5. The standard InChI is InChI=1S/C16H16ClN3O3/c1-10(16(21)20-15-5-2-11(17)9-18-15)19-12-3-4-13-14(8-12)23-7-6-22-13/h2-5,8-10,19H,6-7H2,1H3,(H,18,20,21)/t10-/m0/s1. The Bertz CT molecular complexity index is 706.